The Balaban J connectivity index is 0.00000264. The van der Waals surface area contributed by atoms with Gasteiger partial charge in [0.2, 0.25) is 11.8 Å². The lowest BCUT2D eigenvalue weighted by molar-refractivity contribution is -0.126. The van der Waals surface area contributed by atoms with E-state index < -0.39 is 0 Å². The number of anilines is 1. The van der Waals surface area contributed by atoms with E-state index in [0.717, 1.165) is 31.6 Å². The smallest absolute Gasteiger partial charge is 0.224 e. The molecule has 3 N–H and O–H groups in total. The molecule has 128 valence electrons. The number of rotatable bonds is 6. The number of piperidine rings is 1. The summed E-state index contributed by atoms with van der Waals surface area (Å²) in [5, 5.41) is 9.59. The van der Waals surface area contributed by atoms with Crippen LogP contribution in [0.2, 0.25) is 5.02 Å². The molecule has 0 unspecified atom stereocenters. The van der Waals surface area contributed by atoms with E-state index in [1.807, 2.05) is 0 Å². The lowest BCUT2D eigenvalue weighted by Gasteiger charge is -2.21. The summed E-state index contributed by atoms with van der Waals surface area (Å²) in [5.74, 6) is 0.169. The van der Waals surface area contributed by atoms with Crippen LogP contribution in [0.4, 0.5) is 5.69 Å². The number of hydrogen-bond donors (Lipinski definition) is 3. The fourth-order valence-electron chi connectivity index (χ4n) is 2.45. The van der Waals surface area contributed by atoms with Crippen molar-refractivity contribution in [1.29, 1.82) is 0 Å². The van der Waals surface area contributed by atoms with E-state index in [0.29, 0.717) is 24.4 Å². The Morgan fingerprint density at radius 2 is 1.83 bits per heavy atom. The maximum absolute atomic E-state index is 11.9. The van der Waals surface area contributed by atoms with Gasteiger partial charge in [-0.05, 0) is 56.6 Å². The Hall–Kier alpha value is -1.30. The van der Waals surface area contributed by atoms with Crippen molar-refractivity contribution in [3.8, 4) is 0 Å². The molecule has 1 aliphatic heterocycles. The van der Waals surface area contributed by atoms with Crippen LogP contribution in [0.3, 0.4) is 0 Å². The fourth-order valence-corrected chi connectivity index (χ4v) is 2.57. The van der Waals surface area contributed by atoms with Crippen molar-refractivity contribution in [2.45, 2.75) is 25.7 Å². The third-order valence-corrected chi connectivity index (χ3v) is 3.97. The molecule has 7 heteroatoms. The van der Waals surface area contributed by atoms with Crippen molar-refractivity contribution in [2.75, 3.05) is 25.0 Å². The maximum atomic E-state index is 11.9. The van der Waals surface area contributed by atoms with E-state index in [1.54, 1.807) is 24.3 Å². The highest BCUT2D eigenvalue weighted by atomic mass is 35.5. The molecule has 1 aromatic carbocycles. The molecule has 0 aromatic heterocycles. The van der Waals surface area contributed by atoms with Gasteiger partial charge < -0.3 is 16.0 Å². The van der Waals surface area contributed by atoms with E-state index in [9.17, 15) is 9.59 Å². The molecular formula is C16H23Cl2N3O2. The van der Waals surface area contributed by atoms with Crippen LogP contribution < -0.4 is 16.0 Å². The molecule has 1 saturated heterocycles. The zero-order valence-electron chi connectivity index (χ0n) is 12.9. The predicted octanol–water partition coefficient (Wildman–Crippen LogP) is 2.60. The molecule has 23 heavy (non-hydrogen) atoms. The molecular weight excluding hydrogens is 337 g/mol. The topological polar surface area (TPSA) is 70.2 Å². The van der Waals surface area contributed by atoms with Crippen LogP contribution in [0.1, 0.15) is 25.7 Å². The van der Waals surface area contributed by atoms with Gasteiger partial charge in [0.05, 0.1) is 0 Å². The Morgan fingerprint density at radius 1 is 1.17 bits per heavy atom. The first-order chi connectivity index (χ1) is 10.6. The third kappa shape index (κ3) is 7.20. The Morgan fingerprint density at radius 3 is 2.48 bits per heavy atom. The van der Waals surface area contributed by atoms with E-state index in [-0.39, 0.29) is 30.1 Å². The Kier molecular flexibility index (Phi) is 8.99. The minimum absolute atomic E-state index is 0. The first kappa shape index (κ1) is 19.7. The molecule has 0 aliphatic carbocycles. The molecule has 2 rings (SSSR count). The van der Waals surface area contributed by atoms with Gasteiger partial charge in [-0.15, -0.1) is 12.4 Å². The van der Waals surface area contributed by atoms with Crippen molar-refractivity contribution < 1.29 is 9.59 Å². The summed E-state index contributed by atoms with van der Waals surface area (Å²) in [6.07, 6.45) is 2.80. The molecule has 0 saturated carbocycles. The molecule has 1 aromatic rings. The molecule has 5 nitrogen and oxygen atoms in total. The molecule has 0 radical (unpaired) electrons. The zero-order valence-corrected chi connectivity index (χ0v) is 14.5. The fraction of sp³-hybridized carbons (Fsp3) is 0.500. The van der Waals surface area contributed by atoms with Crippen LogP contribution in [0, 0.1) is 5.92 Å². The predicted molar refractivity (Wildman–Crippen MR) is 95.2 cm³/mol. The normalized spacial score (nSPS) is 14.7. The summed E-state index contributed by atoms with van der Waals surface area (Å²) in [6.45, 7) is 2.35. The monoisotopic (exact) mass is 359 g/mol. The van der Waals surface area contributed by atoms with Gasteiger partial charge in [0.1, 0.15) is 0 Å². The van der Waals surface area contributed by atoms with Gasteiger partial charge in [0.25, 0.3) is 0 Å². The van der Waals surface area contributed by atoms with Crippen molar-refractivity contribution in [1.82, 2.24) is 10.6 Å². The van der Waals surface area contributed by atoms with Crippen LogP contribution in [-0.2, 0) is 9.59 Å². The number of carbonyl (C=O) groups is 2. The van der Waals surface area contributed by atoms with Gasteiger partial charge in [-0.2, -0.15) is 0 Å². The Labute approximate surface area is 148 Å². The molecule has 0 bridgehead atoms. The van der Waals surface area contributed by atoms with E-state index in [1.165, 1.54) is 0 Å². The Bertz CT molecular complexity index is 503. The molecule has 0 spiro atoms. The lowest BCUT2D eigenvalue weighted by atomic mass is 9.97. The summed E-state index contributed by atoms with van der Waals surface area (Å²) in [4.78, 5) is 23.7. The van der Waals surface area contributed by atoms with E-state index in [4.69, 9.17) is 11.6 Å². The van der Waals surface area contributed by atoms with E-state index >= 15 is 0 Å². The van der Waals surface area contributed by atoms with Gasteiger partial charge in [0.15, 0.2) is 0 Å². The maximum Gasteiger partial charge on any atom is 0.224 e. The van der Waals surface area contributed by atoms with Crippen molar-refractivity contribution in [3.63, 3.8) is 0 Å². The number of benzene rings is 1. The molecule has 2 amide bonds. The minimum Gasteiger partial charge on any atom is -0.356 e. The molecule has 1 heterocycles. The number of carbonyl (C=O) groups excluding carboxylic acids is 2. The second kappa shape index (κ2) is 10.5. The lowest BCUT2D eigenvalue weighted by Crippen LogP contribution is -2.38. The van der Waals surface area contributed by atoms with Crippen LogP contribution in [-0.4, -0.2) is 31.4 Å². The average Bonchev–Trinajstić information content (AvgIpc) is 2.54. The standard InChI is InChI=1S/C16H22ClN3O2.ClH/c17-13-3-5-14(6-4-13)20-15(21)2-1-9-19-16(22)12-7-10-18-11-8-12;/h3-6,12,18H,1-2,7-11H2,(H,19,22)(H,20,21);1H. The van der Waals surface area contributed by atoms with Crippen molar-refractivity contribution >= 4 is 41.5 Å². The highest BCUT2D eigenvalue weighted by molar-refractivity contribution is 6.30. The minimum atomic E-state index is -0.0570. The molecule has 1 aliphatic rings. The van der Waals surface area contributed by atoms with Gasteiger partial charge in [-0.3, -0.25) is 9.59 Å². The van der Waals surface area contributed by atoms with Gasteiger partial charge >= 0.3 is 0 Å². The highest BCUT2D eigenvalue weighted by Gasteiger charge is 2.20. The van der Waals surface area contributed by atoms with Gasteiger partial charge in [-0.1, -0.05) is 11.6 Å². The first-order valence-corrected chi connectivity index (χ1v) is 8.07. The second-order valence-electron chi connectivity index (χ2n) is 5.47. The van der Waals surface area contributed by atoms with Crippen LogP contribution in [0.15, 0.2) is 24.3 Å². The van der Waals surface area contributed by atoms with Crippen LogP contribution in [0.5, 0.6) is 0 Å². The zero-order chi connectivity index (χ0) is 15.8. The van der Waals surface area contributed by atoms with Crippen molar-refractivity contribution in [3.05, 3.63) is 29.3 Å². The average molecular weight is 360 g/mol. The van der Waals surface area contributed by atoms with Gasteiger partial charge in [-0.25, -0.2) is 0 Å². The third-order valence-electron chi connectivity index (χ3n) is 3.72. The first-order valence-electron chi connectivity index (χ1n) is 7.69. The van der Waals surface area contributed by atoms with E-state index in [2.05, 4.69) is 16.0 Å². The summed E-state index contributed by atoms with van der Waals surface area (Å²) in [7, 11) is 0. The summed E-state index contributed by atoms with van der Waals surface area (Å²) < 4.78 is 0. The molecule has 1 fully saturated rings. The second-order valence-corrected chi connectivity index (χ2v) is 5.91. The summed E-state index contributed by atoms with van der Waals surface area (Å²) >= 11 is 5.79. The number of halogens is 2. The molecule has 0 atom stereocenters. The van der Waals surface area contributed by atoms with Gasteiger partial charge in [0, 0.05) is 29.6 Å². The number of hydrogen-bond acceptors (Lipinski definition) is 3. The highest BCUT2D eigenvalue weighted by Crippen LogP contribution is 2.14. The summed E-state index contributed by atoms with van der Waals surface area (Å²) in [6, 6.07) is 6.99. The quantitative estimate of drug-likeness (QED) is 0.683. The number of nitrogens with one attached hydrogen (secondary N) is 3. The van der Waals surface area contributed by atoms with Crippen LogP contribution >= 0.6 is 24.0 Å². The van der Waals surface area contributed by atoms with Crippen molar-refractivity contribution in [2.24, 2.45) is 5.92 Å². The summed E-state index contributed by atoms with van der Waals surface area (Å²) in [5.41, 5.74) is 0.730. The SMILES string of the molecule is Cl.O=C(CCCNC(=O)C1CCNCC1)Nc1ccc(Cl)cc1. The number of amides is 2. The largest absolute Gasteiger partial charge is 0.356 e. The van der Waals surface area contributed by atoms with Crippen LogP contribution in [0.25, 0.3) is 0 Å².